The summed E-state index contributed by atoms with van der Waals surface area (Å²) in [5.74, 6) is 0.667. The Morgan fingerprint density at radius 1 is 1.27 bits per heavy atom. The van der Waals surface area contributed by atoms with Crippen LogP contribution in [-0.2, 0) is 7.05 Å². The van der Waals surface area contributed by atoms with Crippen molar-refractivity contribution in [2.24, 2.45) is 7.05 Å². The Kier molecular flexibility index (Phi) is 2.44. The van der Waals surface area contributed by atoms with Gasteiger partial charge in [-0.15, -0.1) is 0 Å². The molecule has 2 aromatic rings. The van der Waals surface area contributed by atoms with E-state index in [1.807, 2.05) is 27.1 Å². The molecule has 0 N–H and O–H groups in total. The zero-order valence-corrected chi connectivity index (χ0v) is 9.58. The van der Waals surface area contributed by atoms with Crippen LogP contribution in [0.5, 0.6) is 0 Å². The molecule has 5 heteroatoms. The summed E-state index contributed by atoms with van der Waals surface area (Å²) >= 11 is 5.88. The molecule has 2 aromatic heterocycles. The van der Waals surface area contributed by atoms with Crippen molar-refractivity contribution in [2.45, 2.75) is 13.8 Å². The van der Waals surface area contributed by atoms with Crippen molar-refractivity contribution in [1.82, 2.24) is 19.7 Å². The fourth-order valence-corrected chi connectivity index (χ4v) is 1.75. The van der Waals surface area contributed by atoms with E-state index in [-0.39, 0.29) is 0 Å². The third-order valence-electron chi connectivity index (χ3n) is 2.10. The molecule has 78 valence electrons. The van der Waals surface area contributed by atoms with Crippen LogP contribution in [0.4, 0.5) is 0 Å². The first-order valence-corrected chi connectivity index (χ1v) is 4.96. The van der Waals surface area contributed by atoms with E-state index in [1.165, 1.54) is 0 Å². The summed E-state index contributed by atoms with van der Waals surface area (Å²) in [6.45, 7) is 3.77. The van der Waals surface area contributed by atoms with E-state index in [1.54, 1.807) is 10.7 Å². The van der Waals surface area contributed by atoms with Gasteiger partial charge in [0.25, 0.3) is 0 Å². The molecule has 0 spiro atoms. The Morgan fingerprint density at radius 2 is 2.00 bits per heavy atom. The fourth-order valence-electron chi connectivity index (χ4n) is 1.52. The van der Waals surface area contributed by atoms with Gasteiger partial charge in [-0.2, -0.15) is 5.10 Å². The molecule has 0 unspecified atom stereocenters. The van der Waals surface area contributed by atoms with Crippen LogP contribution in [0.2, 0.25) is 5.15 Å². The Morgan fingerprint density at radius 3 is 2.53 bits per heavy atom. The van der Waals surface area contributed by atoms with E-state index in [2.05, 4.69) is 15.1 Å². The fraction of sp³-hybridized carbons (Fsp3) is 0.300. The summed E-state index contributed by atoms with van der Waals surface area (Å²) < 4.78 is 1.76. The van der Waals surface area contributed by atoms with Crippen LogP contribution in [0.1, 0.15) is 11.5 Å². The second-order valence-electron chi connectivity index (χ2n) is 3.42. The summed E-state index contributed by atoms with van der Waals surface area (Å²) in [7, 11) is 1.88. The zero-order valence-electron chi connectivity index (χ0n) is 8.82. The van der Waals surface area contributed by atoms with Crippen molar-refractivity contribution in [1.29, 1.82) is 0 Å². The SMILES string of the molecule is Cc1nc(Cl)cc(-c2cn(C)nc2C)n1. The lowest BCUT2D eigenvalue weighted by atomic mass is 10.2. The van der Waals surface area contributed by atoms with E-state index in [0.29, 0.717) is 11.0 Å². The van der Waals surface area contributed by atoms with Crippen LogP contribution in [0.25, 0.3) is 11.3 Å². The number of rotatable bonds is 1. The Bertz CT molecular complexity index is 484. The predicted octanol–water partition coefficient (Wildman–Crippen LogP) is 2.15. The molecule has 0 radical (unpaired) electrons. The van der Waals surface area contributed by atoms with Crippen molar-refractivity contribution in [3.8, 4) is 11.3 Å². The molecule has 0 saturated heterocycles. The van der Waals surface area contributed by atoms with Crippen molar-refractivity contribution in [3.63, 3.8) is 0 Å². The van der Waals surface area contributed by atoms with E-state index < -0.39 is 0 Å². The normalized spacial score (nSPS) is 10.7. The van der Waals surface area contributed by atoms with Gasteiger partial charge >= 0.3 is 0 Å². The van der Waals surface area contributed by atoms with Crippen molar-refractivity contribution >= 4 is 11.6 Å². The molecule has 0 aliphatic rings. The monoisotopic (exact) mass is 222 g/mol. The van der Waals surface area contributed by atoms with Crippen LogP contribution in [-0.4, -0.2) is 19.7 Å². The Hall–Kier alpha value is -1.42. The van der Waals surface area contributed by atoms with E-state index in [9.17, 15) is 0 Å². The summed E-state index contributed by atoms with van der Waals surface area (Å²) in [6.07, 6.45) is 1.92. The van der Waals surface area contributed by atoms with Crippen LogP contribution in [0, 0.1) is 13.8 Å². The number of aromatic nitrogens is 4. The first kappa shape index (κ1) is 10.1. The smallest absolute Gasteiger partial charge is 0.133 e. The van der Waals surface area contributed by atoms with Crippen LogP contribution in [0.3, 0.4) is 0 Å². The van der Waals surface area contributed by atoms with Crippen molar-refractivity contribution in [2.75, 3.05) is 0 Å². The van der Waals surface area contributed by atoms with E-state index >= 15 is 0 Å². The lowest BCUT2D eigenvalue weighted by molar-refractivity contribution is 0.756. The van der Waals surface area contributed by atoms with Gasteiger partial charge in [0.2, 0.25) is 0 Å². The third-order valence-corrected chi connectivity index (χ3v) is 2.29. The molecule has 0 fully saturated rings. The molecule has 4 nitrogen and oxygen atoms in total. The molecular weight excluding hydrogens is 212 g/mol. The van der Waals surface area contributed by atoms with Gasteiger partial charge < -0.3 is 0 Å². The molecule has 0 aliphatic carbocycles. The summed E-state index contributed by atoms with van der Waals surface area (Å²) in [4.78, 5) is 8.35. The van der Waals surface area contributed by atoms with Gasteiger partial charge in [-0.1, -0.05) is 11.6 Å². The maximum Gasteiger partial charge on any atom is 0.133 e. The van der Waals surface area contributed by atoms with Crippen LogP contribution < -0.4 is 0 Å². The summed E-state index contributed by atoms with van der Waals surface area (Å²) in [5.41, 5.74) is 2.75. The minimum absolute atomic E-state index is 0.459. The molecule has 2 rings (SSSR count). The van der Waals surface area contributed by atoms with Gasteiger partial charge in [0.05, 0.1) is 11.4 Å². The maximum absolute atomic E-state index is 5.88. The summed E-state index contributed by atoms with van der Waals surface area (Å²) in [5, 5.41) is 4.72. The maximum atomic E-state index is 5.88. The minimum Gasteiger partial charge on any atom is -0.275 e. The molecule has 0 amide bonds. The minimum atomic E-state index is 0.459. The van der Waals surface area contributed by atoms with E-state index in [0.717, 1.165) is 17.0 Å². The highest BCUT2D eigenvalue weighted by atomic mass is 35.5. The average molecular weight is 223 g/mol. The van der Waals surface area contributed by atoms with Crippen molar-refractivity contribution in [3.05, 3.63) is 28.9 Å². The first-order chi connectivity index (χ1) is 7.06. The molecule has 0 bridgehead atoms. The number of hydrogen-bond donors (Lipinski definition) is 0. The number of hydrogen-bond acceptors (Lipinski definition) is 3. The van der Waals surface area contributed by atoms with Gasteiger partial charge in [0.1, 0.15) is 11.0 Å². The first-order valence-electron chi connectivity index (χ1n) is 4.58. The highest BCUT2D eigenvalue weighted by Crippen LogP contribution is 2.22. The topological polar surface area (TPSA) is 43.6 Å². The Labute approximate surface area is 92.9 Å². The highest BCUT2D eigenvalue weighted by Gasteiger charge is 2.09. The number of halogens is 1. The number of aryl methyl sites for hydroxylation is 3. The van der Waals surface area contributed by atoms with E-state index in [4.69, 9.17) is 11.6 Å². The molecule has 15 heavy (non-hydrogen) atoms. The van der Waals surface area contributed by atoms with Crippen molar-refractivity contribution < 1.29 is 0 Å². The van der Waals surface area contributed by atoms with Crippen LogP contribution in [0.15, 0.2) is 12.3 Å². The van der Waals surface area contributed by atoms with Gasteiger partial charge in [-0.25, -0.2) is 9.97 Å². The second-order valence-corrected chi connectivity index (χ2v) is 3.81. The zero-order chi connectivity index (χ0) is 11.0. The summed E-state index contributed by atoms with van der Waals surface area (Å²) in [6, 6.07) is 1.75. The lowest BCUT2D eigenvalue weighted by Gasteiger charge is -2.00. The molecule has 0 atom stereocenters. The predicted molar refractivity (Wildman–Crippen MR) is 58.7 cm³/mol. The molecule has 2 heterocycles. The highest BCUT2D eigenvalue weighted by molar-refractivity contribution is 6.29. The number of nitrogens with zero attached hydrogens (tertiary/aromatic N) is 4. The van der Waals surface area contributed by atoms with Crippen LogP contribution >= 0.6 is 11.6 Å². The van der Waals surface area contributed by atoms with Gasteiger partial charge in [0.15, 0.2) is 0 Å². The molecule has 0 saturated carbocycles. The van der Waals surface area contributed by atoms with Gasteiger partial charge in [-0.05, 0) is 13.8 Å². The lowest BCUT2D eigenvalue weighted by Crippen LogP contribution is -1.91. The molecule has 0 aliphatic heterocycles. The quantitative estimate of drug-likeness (QED) is 0.695. The standard InChI is InChI=1S/C10H11ClN4/c1-6-8(5-15(3)14-6)9-4-10(11)13-7(2)12-9/h4-5H,1-3H3. The average Bonchev–Trinajstić information content (AvgIpc) is 2.43. The molecule has 0 aromatic carbocycles. The Balaban J connectivity index is 2.58. The van der Waals surface area contributed by atoms with Gasteiger partial charge in [0, 0.05) is 24.9 Å². The molecular formula is C10H11ClN4. The third kappa shape index (κ3) is 1.99. The van der Waals surface area contributed by atoms with Gasteiger partial charge in [-0.3, -0.25) is 4.68 Å². The largest absolute Gasteiger partial charge is 0.275 e. The second kappa shape index (κ2) is 3.62.